The molecule has 0 aromatic rings. The van der Waals surface area contributed by atoms with E-state index in [0.29, 0.717) is 6.10 Å². The molecule has 4 nitrogen and oxygen atoms in total. The summed E-state index contributed by atoms with van der Waals surface area (Å²) in [6.07, 6.45) is 0.426. The van der Waals surface area contributed by atoms with Gasteiger partial charge in [0.15, 0.2) is 0 Å². The SMILES string of the molecule is C=C.C=C.C=C.C=C.C=C.C=C.C=C.C=C.C=C.C=C.C=C.C=C.COCC1CO1.OCCO. The molecule has 1 rings (SSSR count). The van der Waals surface area contributed by atoms with Gasteiger partial charge < -0.3 is 19.7 Å². The molecule has 1 heterocycles. The van der Waals surface area contributed by atoms with Crippen molar-refractivity contribution < 1.29 is 19.7 Å². The summed E-state index contributed by atoms with van der Waals surface area (Å²) in [6, 6.07) is 0. The topological polar surface area (TPSA) is 62.2 Å². The van der Waals surface area contributed by atoms with Crippen LogP contribution in [0.3, 0.4) is 0 Å². The molecule has 0 aromatic carbocycles. The molecule has 2 N–H and O–H groups in total. The van der Waals surface area contributed by atoms with Crippen LogP contribution in [0.2, 0.25) is 0 Å². The number of methoxy groups -OCH3 is 1. The van der Waals surface area contributed by atoms with Gasteiger partial charge in [0, 0.05) is 7.11 Å². The lowest BCUT2D eigenvalue weighted by Gasteiger charge is -1.84. The van der Waals surface area contributed by atoms with Crippen LogP contribution in [-0.2, 0) is 9.47 Å². The first-order chi connectivity index (χ1) is 16.8. The van der Waals surface area contributed by atoms with Crippen LogP contribution >= 0.6 is 0 Å². The Balaban J connectivity index is -0.0000000132. The standard InChI is InChI=1S/C4H8O2.C2H6O2.12C2H4/c1-5-2-4-3-6-4;3-1-2-4;12*1-2/h4H,2-3H2,1H3;3-4H,1-2H2;12*1-2H2. The first-order valence-electron chi connectivity index (χ1n) is 9.17. The van der Waals surface area contributed by atoms with Gasteiger partial charge >= 0.3 is 0 Å². The Labute approximate surface area is 217 Å². The summed E-state index contributed by atoms with van der Waals surface area (Å²) in [7, 11) is 1.68. The first kappa shape index (κ1) is 86.4. The average molecular weight is 487 g/mol. The van der Waals surface area contributed by atoms with Gasteiger partial charge in [-0.15, -0.1) is 158 Å². The second-order valence-corrected chi connectivity index (χ2v) is 1.86. The fraction of sp³-hybridized carbons (Fsp3) is 0.200. The highest BCUT2D eigenvalue weighted by atomic mass is 16.6. The summed E-state index contributed by atoms with van der Waals surface area (Å²) in [4.78, 5) is 0. The molecule has 0 amide bonds. The highest BCUT2D eigenvalue weighted by Crippen LogP contribution is 2.06. The van der Waals surface area contributed by atoms with Crippen molar-refractivity contribution in [3.8, 4) is 0 Å². The van der Waals surface area contributed by atoms with Gasteiger partial charge in [0.25, 0.3) is 0 Å². The van der Waals surface area contributed by atoms with Gasteiger partial charge in [-0.05, 0) is 0 Å². The number of hydrogen-bond acceptors (Lipinski definition) is 4. The number of epoxide rings is 1. The van der Waals surface area contributed by atoms with Crippen LogP contribution in [0.1, 0.15) is 0 Å². The van der Waals surface area contributed by atoms with E-state index >= 15 is 0 Å². The quantitative estimate of drug-likeness (QED) is 0.309. The van der Waals surface area contributed by atoms with Crippen molar-refractivity contribution in [1.82, 2.24) is 0 Å². The summed E-state index contributed by atoms with van der Waals surface area (Å²) >= 11 is 0. The first-order valence-corrected chi connectivity index (χ1v) is 9.17. The summed E-state index contributed by atoms with van der Waals surface area (Å²) in [5.41, 5.74) is 0. The Bertz CT molecular complexity index is 153. The largest absolute Gasteiger partial charge is 0.394 e. The molecule has 1 saturated heterocycles. The van der Waals surface area contributed by atoms with Crippen LogP contribution in [0.25, 0.3) is 0 Å². The number of ether oxygens (including phenoxy) is 2. The molecule has 1 atom stereocenters. The Kier molecular flexibility index (Phi) is 1900. The predicted octanol–water partition coefficient (Wildman–Crippen LogP) is 8.63. The van der Waals surface area contributed by atoms with Gasteiger partial charge in [-0.1, -0.05) is 0 Å². The maximum atomic E-state index is 7.62. The third-order valence-corrected chi connectivity index (χ3v) is 0.855. The lowest BCUT2D eigenvalue weighted by Crippen LogP contribution is -1.94. The minimum atomic E-state index is -0.125. The highest BCUT2D eigenvalue weighted by molar-refractivity contribution is 4.66. The van der Waals surface area contributed by atoms with E-state index < -0.39 is 0 Å². The maximum Gasteiger partial charge on any atom is 0.104 e. The molecule has 0 aliphatic carbocycles. The van der Waals surface area contributed by atoms with Crippen LogP contribution in [-0.4, -0.2) is 49.9 Å². The third kappa shape index (κ3) is 1590. The zero-order chi connectivity index (χ0) is 31.8. The molecule has 0 aromatic heterocycles. The van der Waals surface area contributed by atoms with Crippen molar-refractivity contribution in [2.75, 3.05) is 33.5 Å². The monoisotopic (exact) mass is 486 g/mol. The van der Waals surface area contributed by atoms with E-state index in [1.807, 2.05) is 0 Å². The van der Waals surface area contributed by atoms with E-state index in [9.17, 15) is 0 Å². The normalized spacial score (nSPS) is 7.68. The van der Waals surface area contributed by atoms with Gasteiger partial charge in [-0.3, -0.25) is 0 Å². The smallest absolute Gasteiger partial charge is 0.104 e. The molecule has 1 aliphatic heterocycles. The van der Waals surface area contributed by atoms with Crippen molar-refractivity contribution in [3.63, 3.8) is 0 Å². The van der Waals surface area contributed by atoms with Crippen LogP contribution in [0.15, 0.2) is 158 Å². The molecule has 0 bridgehead atoms. The van der Waals surface area contributed by atoms with Gasteiger partial charge in [0.1, 0.15) is 6.10 Å². The van der Waals surface area contributed by atoms with Crippen LogP contribution in [0, 0.1) is 0 Å². The maximum absolute atomic E-state index is 7.62. The van der Waals surface area contributed by atoms with Gasteiger partial charge in [0.05, 0.1) is 26.4 Å². The minimum absolute atomic E-state index is 0.125. The van der Waals surface area contributed by atoms with Crippen molar-refractivity contribution in [1.29, 1.82) is 0 Å². The Morgan fingerprint density at radius 1 is 0.500 bits per heavy atom. The number of aliphatic hydroxyl groups excluding tert-OH is 2. The average Bonchev–Trinajstić information content (AvgIpc) is 3.86. The molecule has 1 aliphatic rings. The number of hydrogen-bond donors (Lipinski definition) is 2. The Hall–Kier alpha value is -3.28. The van der Waals surface area contributed by atoms with Gasteiger partial charge in [-0.2, -0.15) is 0 Å². The molecule has 0 radical (unpaired) electrons. The van der Waals surface area contributed by atoms with E-state index in [2.05, 4.69) is 158 Å². The zero-order valence-electron chi connectivity index (χ0n) is 23.1. The Morgan fingerprint density at radius 3 is 0.676 bits per heavy atom. The molecule has 0 saturated carbocycles. The van der Waals surface area contributed by atoms with E-state index in [1.165, 1.54) is 0 Å². The number of aliphatic hydroxyl groups is 2. The second-order valence-electron chi connectivity index (χ2n) is 1.86. The molecular formula is C30H62O4. The van der Waals surface area contributed by atoms with Crippen molar-refractivity contribution in [2.45, 2.75) is 6.10 Å². The van der Waals surface area contributed by atoms with Crippen molar-refractivity contribution in [2.24, 2.45) is 0 Å². The van der Waals surface area contributed by atoms with E-state index in [4.69, 9.17) is 19.7 Å². The van der Waals surface area contributed by atoms with Crippen molar-refractivity contribution in [3.05, 3.63) is 158 Å². The lowest BCUT2D eigenvalue weighted by molar-refractivity contribution is 0.171. The molecular weight excluding hydrogens is 424 g/mol. The summed E-state index contributed by atoms with van der Waals surface area (Å²) in [5.74, 6) is 0. The minimum Gasteiger partial charge on any atom is -0.394 e. The van der Waals surface area contributed by atoms with E-state index in [-0.39, 0.29) is 13.2 Å². The fourth-order valence-electron chi connectivity index (χ4n) is 0.350. The lowest BCUT2D eigenvalue weighted by atomic mass is 10.5. The molecule has 206 valence electrons. The molecule has 34 heavy (non-hydrogen) atoms. The number of rotatable bonds is 3. The second kappa shape index (κ2) is 749. The zero-order valence-corrected chi connectivity index (χ0v) is 23.1. The summed E-state index contributed by atoms with van der Waals surface area (Å²) < 4.78 is 9.56. The molecule has 1 fully saturated rings. The molecule has 4 heteroatoms. The molecule has 1 unspecified atom stereocenters. The summed E-state index contributed by atoms with van der Waals surface area (Å²) in [6.45, 7) is 73.4. The van der Waals surface area contributed by atoms with E-state index in [1.54, 1.807) is 7.11 Å². The Morgan fingerprint density at radius 2 is 0.647 bits per heavy atom. The summed E-state index contributed by atoms with van der Waals surface area (Å²) in [5, 5.41) is 15.2. The molecule has 0 spiro atoms. The van der Waals surface area contributed by atoms with Crippen LogP contribution < -0.4 is 0 Å². The fourth-order valence-corrected chi connectivity index (χ4v) is 0.350. The van der Waals surface area contributed by atoms with Crippen LogP contribution in [0.4, 0.5) is 0 Å². The highest BCUT2D eigenvalue weighted by Gasteiger charge is 2.21. The van der Waals surface area contributed by atoms with Crippen molar-refractivity contribution >= 4 is 0 Å². The third-order valence-electron chi connectivity index (χ3n) is 0.855. The van der Waals surface area contributed by atoms with Gasteiger partial charge in [-0.25, -0.2) is 0 Å². The van der Waals surface area contributed by atoms with Gasteiger partial charge in [0.2, 0.25) is 0 Å². The van der Waals surface area contributed by atoms with E-state index in [0.717, 1.165) is 13.2 Å². The predicted molar refractivity (Wildman–Crippen MR) is 171 cm³/mol. The van der Waals surface area contributed by atoms with Crippen LogP contribution in [0.5, 0.6) is 0 Å².